The summed E-state index contributed by atoms with van der Waals surface area (Å²) < 4.78 is 0. The first-order valence-electron chi connectivity index (χ1n) is 5.64. The van der Waals surface area contributed by atoms with Crippen LogP contribution in [-0.2, 0) is 0 Å². The molecule has 14 heavy (non-hydrogen) atoms. The van der Waals surface area contributed by atoms with Crippen molar-refractivity contribution in [1.29, 1.82) is 0 Å². The minimum atomic E-state index is 0.708. The molecule has 2 heteroatoms. The fourth-order valence-corrected chi connectivity index (χ4v) is 2.33. The molecule has 0 atom stereocenters. The summed E-state index contributed by atoms with van der Waals surface area (Å²) in [6, 6.07) is 5.03. The average Bonchev–Trinajstić information content (AvgIpc) is 2.71. The Balaban J connectivity index is 1.90. The normalized spacial score (nSPS) is 20.5. The molecule has 2 rings (SSSR count). The van der Waals surface area contributed by atoms with Crippen molar-refractivity contribution in [2.24, 2.45) is 0 Å². The van der Waals surface area contributed by atoms with Crippen molar-refractivity contribution in [3.05, 3.63) is 24.0 Å². The molecule has 78 valence electrons. The Hall–Kier alpha value is -0.760. The molecule has 1 aromatic heterocycles. The lowest BCUT2D eigenvalue weighted by Gasteiger charge is -2.34. The van der Waals surface area contributed by atoms with Gasteiger partial charge in [-0.15, -0.1) is 0 Å². The molecular weight excluding hydrogens is 172 g/mol. The van der Waals surface area contributed by atoms with E-state index in [1.807, 2.05) is 6.20 Å². The van der Waals surface area contributed by atoms with E-state index in [-0.39, 0.29) is 0 Å². The summed E-state index contributed by atoms with van der Waals surface area (Å²) in [6.07, 6.45) is 4.64. The highest BCUT2D eigenvalue weighted by molar-refractivity contribution is 5.10. The quantitative estimate of drug-likeness (QED) is 0.763. The van der Waals surface area contributed by atoms with Crippen LogP contribution in [-0.4, -0.2) is 29.0 Å². The number of aromatic amines is 1. The van der Waals surface area contributed by atoms with E-state index < -0.39 is 0 Å². The third-order valence-corrected chi connectivity index (χ3v) is 3.32. The maximum absolute atomic E-state index is 3.33. The first kappa shape index (κ1) is 9.78. The van der Waals surface area contributed by atoms with Gasteiger partial charge in [0.25, 0.3) is 0 Å². The molecule has 0 bridgehead atoms. The molecule has 2 heterocycles. The van der Waals surface area contributed by atoms with Gasteiger partial charge in [0.15, 0.2) is 0 Å². The molecule has 0 spiro atoms. The van der Waals surface area contributed by atoms with Gasteiger partial charge in [0.05, 0.1) is 0 Å². The molecule has 1 N–H and O–H groups in total. The standard InChI is InChI=1S/C12H20N2/c1-10(2)14-8-5-11(6-9-14)12-4-3-7-13-12/h3-4,7,10-11,13H,5-6,8-9H2,1-2H3. The van der Waals surface area contributed by atoms with E-state index >= 15 is 0 Å². The molecule has 1 aromatic rings. The summed E-state index contributed by atoms with van der Waals surface area (Å²) in [6.45, 7) is 7.08. The van der Waals surface area contributed by atoms with Crippen LogP contribution >= 0.6 is 0 Å². The van der Waals surface area contributed by atoms with Crippen LogP contribution in [0.4, 0.5) is 0 Å². The van der Waals surface area contributed by atoms with Gasteiger partial charge < -0.3 is 9.88 Å². The van der Waals surface area contributed by atoms with Crippen molar-refractivity contribution in [3.63, 3.8) is 0 Å². The minimum absolute atomic E-state index is 0.708. The molecule has 1 fully saturated rings. The molecule has 0 saturated carbocycles. The number of hydrogen-bond donors (Lipinski definition) is 1. The Kier molecular flexibility index (Phi) is 2.92. The van der Waals surface area contributed by atoms with E-state index in [0.717, 1.165) is 5.92 Å². The summed E-state index contributed by atoms with van der Waals surface area (Å²) in [4.78, 5) is 5.90. The topological polar surface area (TPSA) is 19.0 Å². The second kappa shape index (κ2) is 4.18. The van der Waals surface area contributed by atoms with E-state index in [1.54, 1.807) is 0 Å². The van der Waals surface area contributed by atoms with Crippen molar-refractivity contribution in [2.45, 2.75) is 38.6 Å². The first-order valence-corrected chi connectivity index (χ1v) is 5.64. The predicted octanol–water partition coefficient (Wildman–Crippen LogP) is 2.60. The lowest BCUT2D eigenvalue weighted by atomic mass is 9.93. The third kappa shape index (κ3) is 2.01. The number of likely N-dealkylation sites (tertiary alicyclic amines) is 1. The zero-order chi connectivity index (χ0) is 9.97. The Labute approximate surface area is 86.3 Å². The number of aromatic nitrogens is 1. The highest BCUT2D eigenvalue weighted by Gasteiger charge is 2.22. The molecule has 0 unspecified atom stereocenters. The van der Waals surface area contributed by atoms with Gasteiger partial charge in [0.1, 0.15) is 0 Å². The Morgan fingerprint density at radius 2 is 2.07 bits per heavy atom. The van der Waals surface area contributed by atoms with E-state index in [9.17, 15) is 0 Å². The van der Waals surface area contributed by atoms with Crippen LogP contribution in [0, 0.1) is 0 Å². The SMILES string of the molecule is CC(C)N1CCC(c2ccc[nH]2)CC1. The van der Waals surface area contributed by atoms with Crippen LogP contribution in [0.15, 0.2) is 18.3 Å². The summed E-state index contributed by atoms with van der Waals surface area (Å²) >= 11 is 0. The fourth-order valence-electron chi connectivity index (χ4n) is 2.33. The average molecular weight is 192 g/mol. The third-order valence-electron chi connectivity index (χ3n) is 3.32. The monoisotopic (exact) mass is 192 g/mol. The largest absolute Gasteiger partial charge is 0.365 e. The van der Waals surface area contributed by atoms with Crippen molar-refractivity contribution >= 4 is 0 Å². The Morgan fingerprint density at radius 1 is 1.36 bits per heavy atom. The number of hydrogen-bond acceptors (Lipinski definition) is 1. The van der Waals surface area contributed by atoms with Gasteiger partial charge in [-0.25, -0.2) is 0 Å². The van der Waals surface area contributed by atoms with Crippen LogP contribution in [0.2, 0.25) is 0 Å². The van der Waals surface area contributed by atoms with Gasteiger partial charge in [0, 0.05) is 23.9 Å². The van der Waals surface area contributed by atoms with E-state index in [4.69, 9.17) is 0 Å². The zero-order valence-corrected chi connectivity index (χ0v) is 9.16. The van der Waals surface area contributed by atoms with Gasteiger partial charge >= 0.3 is 0 Å². The summed E-state index contributed by atoms with van der Waals surface area (Å²) in [5.74, 6) is 0.764. The van der Waals surface area contributed by atoms with Crippen LogP contribution < -0.4 is 0 Å². The molecule has 1 saturated heterocycles. The summed E-state index contributed by atoms with van der Waals surface area (Å²) in [5.41, 5.74) is 1.42. The smallest absolute Gasteiger partial charge is 0.0179 e. The van der Waals surface area contributed by atoms with Crippen molar-refractivity contribution < 1.29 is 0 Å². The second-order valence-electron chi connectivity index (χ2n) is 4.53. The van der Waals surface area contributed by atoms with E-state index in [2.05, 4.69) is 35.9 Å². The van der Waals surface area contributed by atoms with Crippen LogP contribution in [0.3, 0.4) is 0 Å². The number of H-pyrrole nitrogens is 1. The van der Waals surface area contributed by atoms with Crippen LogP contribution in [0.25, 0.3) is 0 Å². The number of nitrogens with zero attached hydrogens (tertiary/aromatic N) is 1. The highest BCUT2D eigenvalue weighted by atomic mass is 15.1. The number of nitrogens with one attached hydrogen (secondary N) is 1. The van der Waals surface area contributed by atoms with Crippen molar-refractivity contribution in [2.75, 3.05) is 13.1 Å². The Morgan fingerprint density at radius 3 is 2.57 bits per heavy atom. The molecular formula is C12H20N2. The molecule has 0 amide bonds. The summed E-state index contributed by atoms with van der Waals surface area (Å²) in [5, 5.41) is 0. The Bertz CT molecular complexity index is 256. The van der Waals surface area contributed by atoms with E-state index in [1.165, 1.54) is 31.6 Å². The summed E-state index contributed by atoms with van der Waals surface area (Å²) in [7, 11) is 0. The molecule has 0 aromatic carbocycles. The zero-order valence-electron chi connectivity index (χ0n) is 9.16. The van der Waals surface area contributed by atoms with Gasteiger partial charge in [-0.3, -0.25) is 0 Å². The molecule has 0 aliphatic carbocycles. The minimum Gasteiger partial charge on any atom is -0.365 e. The molecule has 2 nitrogen and oxygen atoms in total. The first-order chi connectivity index (χ1) is 6.77. The van der Waals surface area contributed by atoms with Gasteiger partial charge in [-0.2, -0.15) is 0 Å². The lowest BCUT2D eigenvalue weighted by Crippen LogP contribution is -2.37. The van der Waals surface area contributed by atoms with Gasteiger partial charge in [-0.05, 0) is 51.9 Å². The maximum Gasteiger partial charge on any atom is 0.0179 e. The predicted molar refractivity (Wildman–Crippen MR) is 59.5 cm³/mol. The van der Waals surface area contributed by atoms with Crippen molar-refractivity contribution in [1.82, 2.24) is 9.88 Å². The second-order valence-corrected chi connectivity index (χ2v) is 4.53. The van der Waals surface area contributed by atoms with Gasteiger partial charge in [-0.1, -0.05) is 0 Å². The maximum atomic E-state index is 3.33. The molecule has 1 aliphatic rings. The molecule has 1 aliphatic heterocycles. The van der Waals surface area contributed by atoms with E-state index in [0.29, 0.717) is 6.04 Å². The van der Waals surface area contributed by atoms with Gasteiger partial charge in [0.2, 0.25) is 0 Å². The van der Waals surface area contributed by atoms with Crippen LogP contribution in [0.1, 0.15) is 38.3 Å². The molecule has 0 radical (unpaired) electrons. The highest BCUT2D eigenvalue weighted by Crippen LogP contribution is 2.27. The van der Waals surface area contributed by atoms with Crippen molar-refractivity contribution in [3.8, 4) is 0 Å². The fraction of sp³-hybridized carbons (Fsp3) is 0.667. The number of rotatable bonds is 2. The number of piperidine rings is 1. The van der Waals surface area contributed by atoms with Crippen LogP contribution in [0.5, 0.6) is 0 Å². The lowest BCUT2D eigenvalue weighted by molar-refractivity contribution is 0.171.